The van der Waals surface area contributed by atoms with Crippen LogP contribution in [0.15, 0.2) is 16.9 Å². The van der Waals surface area contributed by atoms with Crippen LogP contribution in [0.1, 0.15) is 10.7 Å². The molecule has 0 N–H and O–H groups in total. The molecule has 0 aliphatic carbocycles. The first kappa shape index (κ1) is 7.66. The Morgan fingerprint density at radius 3 is 2.92 bits per heavy atom. The van der Waals surface area contributed by atoms with Crippen LogP contribution in [-0.4, -0.2) is 26.0 Å². The second-order valence-electron chi connectivity index (χ2n) is 2.49. The van der Waals surface area contributed by atoms with E-state index < -0.39 is 0 Å². The van der Waals surface area contributed by atoms with Crippen molar-refractivity contribution in [3.63, 3.8) is 0 Å². The maximum atomic E-state index is 10.2. The van der Waals surface area contributed by atoms with E-state index in [1.165, 1.54) is 0 Å². The lowest BCUT2D eigenvalue weighted by Gasteiger charge is -1.83. The SMILES string of the molecule is Cn1cnc(-c2nnc(C=O)o2)c1. The van der Waals surface area contributed by atoms with Gasteiger partial charge >= 0.3 is 0 Å². The fourth-order valence-corrected chi connectivity index (χ4v) is 0.909. The van der Waals surface area contributed by atoms with Crippen LogP contribution >= 0.6 is 0 Å². The van der Waals surface area contributed by atoms with Crippen LogP contribution in [0.25, 0.3) is 11.6 Å². The van der Waals surface area contributed by atoms with Crippen LogP contribution in [0.5, 0.6) is 0 Å². The summed E-state index contributed by atoms with van der Waals surface area (Å²) in [7, 11) is 1.83. The molecule has 0 unspecified atom stereocenters. The highest BCUT2D eigenvalue weighted by Gasteiger charge is 2.09. The molecule has 6 nitrogen and oxygen atoms in total. The van der Waals surface area contributed by atoms with Gasteiger partial charge in [-0.05, 0) is 0 Å². The second-order valence-corrected chi connectivity index (χ2v) is 2.49. The molecule has 13 heavy (non-hydrogen) atoms. The number of imidazole rings is 1. The summed E-state index contributed by atoms with van der Waals surface area (Å²) < 4.78 is 6.72. The zero-order valence-electron chi connectivity index (χ0n) is 6.84. The van der Waals surface area contributed by atoms with E-state index in [2.05, 4.69) is 15.2 Å². The fourth-order valence-electron chi connectivity index (χ4n) is 0.909. The summed E-state index contributed by atoms with van der Waals surface area (Å²) in [6.45, 7) is 0. The summed E-state index contributed by atoms with van der Waals surface area (Å²) in [4.78, 5) is 14.2. The Balaban J connectivity index is 2.40. The molecule has 0 atom stereocenters. The molecule has 0 aliphatic rings. The molecule has 2 heterocycles. The molecule has 2 rings (SSSR count). The first-order valence-electron chi connectivity index (χ1n) is 3.56. The van der Waals surface area contributed by atoms with Gasteiger partial charge < -0.3 is 8.98 Å². The lowest BCUT2D eigenvalue weighted by molar-refractivity contribution is 0.109. The van der Waals surface area contributed by atoms with Crippen LogP contribution < -0.4 is 0 Å². The Hall–Kier alpha value is -1.98. The molecule has 0 spiro atoms. The van der Waals surface area contributed by atoms with E-state index in [4.69, 9.17) is 4.42 Å². The first-order valence-corrected chi connectivity index (χ1v) is 3.56. The predicted octanol–water partition coefficient (Wildman–Crippen LogP) is 0.283. The van der Waals surface area contributed by atoms with E-state index >= 15 is 0 Å². The van der Waals surface area contributed by atoms with E-state index in [0.29, 0.717) is 12.0 Å². The topological polar surface area (TPSA) is 73.8 Å². The highest BCUT2D eigenvalue weighted by Crippen LogP contribution is 2.13. The molecule has 0 radical (unpaired) electrons. The van der Waals surface area contributed by atoms with E-state index in [1.807, 2.05) is 7.05 Å². The van der Waals surface area contributed by atoms with Crippen molar-refractivity contribution in [2.45, 2.75) is 0 Å². The summed E-state index contributed by atoms with van der Waals surface area (Å²) in [6.07, 6.45) is 3.83. The van der Waals surface area contributed by atoms with Crippen molar-refractivity contribution in [2.75, 3.05) is 0 Å². The lowest BCUT2D eigenvalue weighted by Crippen LogP contribution is -1.78. The molecule has 0 aromatic carbocycles. The average molecular weight is 178 g/mol. The maximum Gasteiger partial charge on any atom is 0.281 e. The standard InChI is InChI=1S/C7H6N4O2/c1-11-2-5(8-4-11)7-10-9-6(3-12)13-7/h2-4H,1H3. The van der Waals surface area contributed by atoms with Crippen molar-refractivity contribution >= 4 is 6.29 Å². The average Bonchev–Trinajstić information content (AvgIpc) is 2.71. The lowest BCUT2D eigenvalue weighted by atomic mass is 10.5. The van der Waals surface area contributed by atoms with Gasteiger partial charge in [0.15, 0.2) is 0 Å². The van der Waals surface area contributed by atoms with Crippen LogP contribution in [0.2, 0.25) is 0 Å². The van der Waals surface area contributed by atoms with Gasteiger partial charge in [0.1, 0.15) is 5.69 Å². The molecule has 0 fully saturated rings. The van der Waals surface area contributed by atoms with Gasteiger partial charge in [-0.15, -0.1) is 10.2 Å². The number of aryl methyl sites for hydroxylation is 1. The van der Waals surface area contributed by atoms with Gasteiger partial charge in [-0.2, -0.15) is 0 Å². The summed E-state index contributed by atoms with van der Waals surface area (Å²) in [5.41, 5.74) is 0.558. The van der Waals surface area contributed by atoms with E-state index in [1.54, 1.807) is 17.1 Å². The van der Waals surface area contributed by atoms with Crippen LogP contribution in [0.3, 0.4) is 0 Å². The molecule has 0 aliphatic heterocycles. The van der Waals surface area contributed by atoms with Gasteiger partial charge in [-0.25, -0.2) is 4.98 Å². The zero-order valence-corrected chi connectivity index (χ0v) is 6.84. The first-order chi connectivity index (χ1) is 6.29. The Bertz CT molecular complexity index is 431. The molecule has 0 saturated heterocycles. The van der Waals surface area contributed by atoms with Crippen molar-refractivity contribution in [2.24, 2.45) is 7.05 Å². The highest BCUT2D eigenvalue weighted by atomic mass is 16.4. The highest BCUT2D eigenvalue weighted by molar-refractivity contribution is 5.67. The van der Waals surface area contributed by atoms with Crippen molar-refractivity contribution in [1.82, 2.24) is 19.7 Å². The molecular weight excluding hydrogens is 172 g/mol. The van der Waals surface area contributed by atoms with Crippen LogP contribution in [0, 0.1) is 0 Å². The normalized spacial score (nSPS) is 10.2. The summed E-state index contributed by atoms with van der Waals surface area (Å²) >= 11 is 0. The Labute approximate surface area is 73.2 Å². The third-order valence-electron chi connectivity index (χ3n) is 1.47. The molecule has 0 bridgehead atoms. The summed E-state index contributed by atoms with van der Waals surface area (Å²) in [5.74, 6) is 0.211. The van der Waals surface area contributed by atoms with Crippen molar-refractivity contribution in [3.05, 3.63) is 18.4 Å². The number of carbonyl (C=O) groups excluding carboxylic acids is 1. The monoisotopic (exact) mass is 178 g/mol. The minimum Gasteiger partial charge on any atom is -0.412 e. The van der Waals surface area contributed by atoms with E-state index in [9.17, 15) is 4.79 Å². The third-order valence-corrected chi connectivity index (χ3v) is 1.47. The molecule has 2 aromatic heterocycles. The fraction of sp³-hybridized carbons (Fsp3) is 0.143. The Morgan fingerprint density at radius 2 is 2.38 bits per heavy atom. The van der Waals surface area contributed by atoms with Gasteiger partial charge in [0.25, 0.3) is 11.8 Å². The van der Waals surface area contributed by atoms with Gasteiger partial charge in [-0.3, -0.25) is 4.79 Å². The molecule has 6 heteroatoms. The van der Waals surface area contributed by atoms with Crippen molar-refractivity contribution < 1.29 is 9.21 Å². The number of carbonyl (C=O) groups is 1. The van der Waals surface area contributed by atoms with Gasteiger partial charge in [0, 0.05) is 13.2 Å². The minimum atomic E-state index is -0.0411. The number of aromatic nitrogens is 4. The number of rotatable bonds is 2. The molecule has 2 aromatic rings. The number of hydrogen-bond acceptors (Lipinski definition) is 5. The largest absolute Gasteiger partial charge is 0.412 e. The predicted molar refractivity (Wildman–Crippen MR) is 41.9 cm³/mol. The Morgan fingerprint density at radius 1 is 1.54 bits per heavy atom. The van der Waals surface area contributed by atoms with Crippen molar-refractivity contribution in [1.29, 1.82) is 0 Å². The number of nitrogens with zero attached hydrogens (tertiary/aromatic N) is 4. The summed E-state index contributed by atoms with van der Waals surface area (Å²) in [5, 5.41) is 7.13. The third kappa shape index (κ3) is 1.33. The number of aldehydes is 1. The molecule has 0 saturated carbocycles. The van der Waals surface area contributed by atoms with Crippen molar-refractivity contribution in [3.8, 4) is 11.6 Å². The maximum absolute atomic E-state index is 10.2. The second kappa shape index (κ2) is 2.81. The molecular formula is C7H6N4O2. The van der Waals surface area contributed by atoms with Crippen LogP contribution in [0.4, 0.5) is 0 Å². The van der Waals surface area contributed by atoms with Gasteiger partial charge in [0.2, 0.25) is 6.29 Å². The van der Waals surface area contributed by atoms with Gasteiger partial charge in [0.05, 0.1) is 6.33 Å². The van der Waals surface area contributed by atoms with E-state index in [-0.39, 0.29) is 11.8 Å². The number of hydrogen-bond donors (Lipinski definition) is 0. The van der Waals surface area contributed by atoms with Gasteiger partial charge in [-0.1, -0.05) is 0 Å². The smallest absolute Gasteiger partial charge is 0.281 e. The molecule has 66 valence electrons. The minimum absolute atomic E-state index is 0.0411. The molecule has 0 amide bonds. The zero-order chi connectivity index (χ0) is 9.26. The summed E-state index contributed by atoms with van der Waals surface area (Å²) in [6, 6.07) is 0. The Kier molecular flexibility index (Phi) is 1.66. The van der Waals surface area contributed by atoms with E-state index in [0.717, 1.165) is 0 Å². The quantitative estimate of drug-likeness (QED) is 0.617. The van der Waals surface area contributed by atoms with Crippen LogP contribution in [-0.2, 0) is 7.05 Å².